The Morgan fingerprint density at radius 2 is 1.92 bits per heavy atom. The molecule has 7 heteroatoms. The second-order valence-corrected chi connectivity index (χ2v) is 7.94. The Balaban J connectivity index is 1.60. The van der Waals surface area contributed by atoms with Crippen molar-refractivity contribution in [2.75, 3.05) is 6.54 Å². The topological polar surface area (TPSA) is 72.0 Å². The molecule has 5 nitrogen and oxygen atoms in total. The zero-order chi connectivity index (χ0) is 17.0. The highest BCUT2D eigenvalue weighted by Crippen LogP contribution is 2.21. The van der Waals surface area contributed by atoms with Gasteiger partial charge in [-0.2, -0.15) is 0 Å². The molecule has 0 saturated carbocycles. The average molecular weight is 359 g/mol. The zero-order valence-corrected chi connectivity index (χ0v) is 14.8. The Kier molecular flexibility index (Phi) is 5.03. The summed E-state index contributed by atoms with van der Waals surface area (Å²) in [5.41, 5.74) is 2.71. The summed E-state index contributed by atoms with van der Waals surface area (Å²) in [6.07, 6.45) is 2.26. The highest BCUT2D eigenvalue weighted by molar-refractivity contribution is 7.89. The molecule has 0 unspecified atom stereocenters. The predicted molar refractivity (Wildman–Crippen MR) is 95.4 cm³/mol. The highest BCUT2D eigenvalue weighted by atomic mass is 32.2. The van der Waals surface area contributed by atoms with Crippen LogP contribution in [0.2, 0.25) is 0 Å². The van der Waals surface area contributed by atoms with Crippen LogP contribution in [0.1, 0.15) is 11.3 Å². The first kappa shape index (κ1) is 16.8. The molecule has 0 aliphatic carbocycles. The number of aromatic nitrogens is 2. The van der Waals surface area contributed by atoms with E-state index in [9.17, 15) is 8.42 Å². The summed E-state index contributed by atoms with van der Waals surface area (Å²) in [7, 11) is -3.48. The summed E-state index contributed by atoms with van der Waals surface area (Å²) in [4.78, 5) is 9.05. The number of nitrogens with one attached hydrogen (secondary N) is 1. The molecule has 124 valence electrons. The molecule has 3 aromatic rings. The molecule has 0 bridgehead atoms. The molecular formula is C17H17N3O2S2. The fraction of sp³-hybridized carbons (Fsp3) is 0.176. The van der Waals surface area contributed by atoms with Gasteiger partial charge in [0, 0.05) is 24.5 Å². The third-order valence-electron chi connectivity index (χ3n) is 3.44. The SMILES string of the molecule is Cc1ccc(S(=O)(=O)NCCc2csc(-c3ccccn3)n2)cc1. The van der Waals surface area contributed by atoms with E-state index in [1.807, 2.05) is 30.5 Å². The Morgan fingerprint density at radius 3 is 2.62 bits per heavy atom. The van der Waals surface area contributed by atoms with Gasteiger partial charge in [0.25, 0.3) is 0 Å². The van der Waals surface area contributed by atoms with E-state index in [4.69, 9.17) is 0 Å². The van der Waals surface area contributed by atoms with E-state index in [-0.39, 0.29) is 4.90 Å². The Morgan fingerprint density at radius 1 is 1.12 bits per heavy atom. The molecule has 0 radical (unpaired) electrons. The van der Waals surface area contributed by atoms with Crippen LogP contribution in [-0.2, 0) is 16.4 Å². The van der Waals surface area contributed by atoms with E-state index >= 15 is 0 Å². The Labute approximate surface area is 145 Å². The average Bonchev–Trinajstić information content (AvgIpc) is 3.05. The Bertz CT molecular complexity index is 905. The van der Waals surface area contributed by atoms with Crippen LogP contribution in [0.25, 0.3) is 10.7 Å². The molecule has 24 heavy (non-hydrogen) atoms. The quantitative estimate of drug-likeness (QED) is 0.734. The predicted octanol–water partition coefficient (Wildman–Crippen LogP) is 3.03. The van der Waals surface area contributed by atoms with Gasteiger partial charge in [0.1, 0.15) is 5.01 Å². The van der Waals surface area contributed by atoms with Crippen LogP contribution >= 0.6 is 11.3 Å². The number of benzene rings is 1. The first-order valence-electron chi connectivity index (χ1n) is 7.47. The molecule has 0 amide bonds. The minimum atomic E-state index is -3.48. The number of aryl methyl sites for hydroxylation is 1. The van der Waals surface area contributed by atoms with Crippen molar-refractivity contribution < 1.29 is 8.42 Å². The van der Waals surface area contributed by atoms with E-state index in [0.29, 0.717) is 13.0 Å². The molecule has 0 aliphatic rings. The largest absolute Gasteiger partial charge is 0.254 e. The number of nitrogens with zero attached hydrogens (tertiary/aromatic N) is 2. The minimum Gasteiger partial charge on any atom is -0.254 e. The standard InChI is InChI=1S/C17H17N3O2S2/c1-13-5-7-15(8-6-13)24(21,22)19-11-9-14-12-23-17(20-14)16-4-2-3-10-18-16/h2-8,10,12,19H,9,11H2,1H3. The second-order valence-electron chi connectivity index (χ2n) is 5.32. The van der Waals surface area contributed by atoms with Gasteiger partial charge in [0.15, 0.2) is 0 Å². The van der Waals surface area contributed by atoms with E-state index in [1.165, 1.54) is 11.3 Å². The van der Waals surface area contributed by atoms with Crippen molar-refractivity contribution in [3.05, 3.63) is 65.3 Å². The van der Waals surface area contributed by atoms with Crippen LogP contribution in [0.4, 0.5) is 0 Å². The maximum absolute atomic E-state index is 12.2. The number of hydrogen-bond donors (Lipinski definition) is 1. The summed E-state index contributed by atoms with van der Waals surface area (Å²) >= 11 is 1.51. The van der Waals surface area contributed by atoms with Crippen molar-refractivity contribution in [2.24, 2.45) is 0 Å². The molecule has 0 atom stereocenters. The lowest BCUT2D eigenvalue weighted by molar-refractivity contribution is 0.581. The van der Waals surface area contributed by atoms with Gasteiger partial charge < -0.3 is 0 Å². The lowest BCUT2D eigenvalue weighted by atomic mass is 10.2. The summed E-state index contributed by atoms with van der Waals surface area (Å²) in [6, 6.07) is 12.5. The number of rotatable bonds is 6. The van der Waals surface area contributed by atoms with Crippen LogP contribution in [0.3, 0.4) is 0 Å². The molecule has 0 fully saturated rings. The van der Waals surface area contributed by atoms with Gasteiger partial charge in [0.05, 0.1) is 16.3 Å². The number of sulfonamides is 1. The Hall–Kier alpha value is -2.09. The fourth-order valence-electron chi connectivity index (χ4n) is 2.14. The molecule has 1 N–H and O–H groups in total. The highest BCUT2D eigenvalue weighted by Gasteiger charge is 2.13. The van der Waals surface area contributed by atoms with Crippen LogP contribution in [-0.4, -0.2) is 24.9 Å². The lowest BCUT2D eigenvalue weighted by Gasteiger charge is -2.06. The van der Waals surface area contributed by atoms with Gasteiger partial charge in [-0.25, -0.2) is 18.1 Å². The second kappa shape index (κ2) is 7.21. The lowest BCUT2D eigenvalue weighted by Crippen LogP contribution is -2.26. The van der Waals surface area contributed by atoms with Crippen molar-refractivity contribution in [3.8, 4) is 10.7 Å². The van der Waals surface area contributed by atoms with Crippen LogP contribution < -0.4 is 4.72 Å². The maximum atomic E-state index is 12.2. The summed E-state index contributed by atoms with van der Waals surface area (Å²) in [5, 5.41) is 2.77. The van der Waals surface area contributed by atoms with Crippen LogP contribution in [0.15, 0.2) is 58.9 Å². The summed E-state index contributed by atoms with van der Waals surface area (Å²) in [6.45, 7) is 2.23. The summed E-state index contributed by atoms with van der Waals surface area (Å²) < 4.78 is 27.1. The maximum Gasteiger partial charge on any atom is 0.240 e. The smallest absolute Gasteiger partial charge is 0.240 e. The fourth-order valence-corrected chi connectivity index (χ4v) is 4.00. The van der Waals surface area contributed by atoms with E-state index < -0.39 is 10.0 Å². The van der Waals surface area contributed by atoms with Gasteiger partial charge in [-0.1, -0.05) is 23.8 Å². The van der Waals surface area contributed by atoms with E-state index in [2.05, 4.69) is 14.7 Å². The van der Waals surface area contributed by atoms with Gasteiger partial charge >= 0.3 is 0 Å². The molecule has 0 saturated heterocycles. The summed E-state index contributed by atoms with van der Waals surface area (Å²) in [5.74, 6) is 0. The van der Waals surface area contributed by atoms with Gasteiger partial charge in [-0.05, 0) is 31.2 Å². The molecule has 0 spiro atoms. The molecule has 1 aromatic carbocycles. The van der Waals surface area contributed by atoms with Gasteiger partial charge in [-0.15, -0.1) is 11.3 Å². The number of pyridine rings is 1. The zero-order valence-electron chi connectivity index (χ0n) is 13.1. The first-order chi connectivity index (χ1) is 11.5. The van der Waals surface area contributed by atoms with Crippen molar-refractivity contribution in [3.63, 3.8) is 0 Å². The third-order valence-corrected chi connectivity index (χ3v) is 5.83. The van der Waals surface area contributed by atoms with Crippen LogP contribution in [0.5, 0.6) is 0 Å². The molecule has 2 aromatic heterocycles. The van der Waals surface area contributed by atoms with E-state index in [0.717, 1.165) is 22.0 Å². The molecule has 3 rings (SSSR count). The molecular weight excluding hydrogens is 342 g/mol. The number of hydrogen-bond acceptors (Lipinski definition) is 5. The van der Waals surface area contributed by atoms with Crippen LogP contribution in [0, 0.1) is 6.92 Å². The van der Waals surface area contributed by atoms with Gasteiger partial charge in [-0.3, -0.25) is 4.98 Å². The number of thiazole rings is 1. The first-order valence-corrected chi connectivity index (χ1v) is 9.83. The van der Waals surface area contributed by atoms with E-state index in [1.54, 1.807) is 30.5 Å². The molecule has 0 aliphatic heterocycles. The monoisotopic (exact) mass is 359 g/mol. The third kappa shape index (κ3) is 4.05. The molecule has 2 heterocycles. The normalized spacial score (nSPS) is 11.5. The van der Waals surface area contributed by atoms with Gasteiger partial charge in [0.2, 0.25) is 10.0 Å². The van der Waals surface area contributed by atoms with Crippen molar-refractivity contribution in [1.82, 2.24) is 14.7 Å². The van der Waals surface area contributed by atoms with Crippen molar-refractivity contribution in [1.29, 1.82) is 0 Å². The van der Waals surface area contributed by atoms with Crippen molar-refractivity contribution in [2.45, 2.75) is 18.2 Å². The minimum absolute atomic E-state index is 0.278. The van der Waals surface area contributed by atoms with Crippen molar-refractivity contribution >= 4 is 21.4 Å².